The van der Waals surface area contributed by atoms with Crippen molar-refractivity contribution in [2.24, 2.45) is 0 Å². The van der Waals surface area contributed by atoms with Gasteiger partial charge in [0.05, 0.1) is 13.0 Å². The molecule has 1 unspecified atom stereocenters. The van der Waals surface area contributed by atoms with E-state index in [1.54, 1.807) is 14.0 Å². The third-order valence-corrected chi connectivity index (χ3v) is 3.29. The summed E-state index contributed by atoms with van der Waals surface area (Å²) in [6, 6.07) is 11.7. The van der Waals surface area contributed by atoms with Crippen LogP contribution in [-0.2, 0) is 9.53 Å². The standard InChI is InChI=1S/C16H17ClO3/c1-10(16(18)20-11(2)17)12-4-5-14-9-15(19-3)7-6-13(14)8-12/h4-11H,1-3H3/t10-,11?/m0/s1. The molecule has 2 atom stereocenters. The summed E-state index contributed by atoms with van der Waals surface area (Å²) in [6.07, 6.45) is 0. The number of fused-ring (bicyclic) bond motifs is 1. The Morgan fingerprint density at radius 1 is 1.10 bits per heavy atom. The number of esters is 1. The van der Waals surface area contributed by atoms with E-state index >= 15 is 0 Å². The lowest BCUT2D eigenvalue weighted by Gasteiger charge is -2.14. The zero-order valence-corrected chi connectivity index (χ0v) is 12.5. The summed E-state index contributed by atoms with van der Waals surface area (Å²) >= 11 is 5.68. The molecule has 106 valence electrons. The average molecular weight is 293 g/mol. The zero-order chi connectivity index (χ0) is 14.7. The van der Waals surface area contributed by atoms with Crippen LogP contribution in [0.5, 0.6) is 5.75 Å². The summed E-state index contributed by atoms with van der Waals surface area (Å²) in [6.45, 7) is 3.44. The number of hydrogen-bond donors (Lipinski definition) is 0. The van der Waals surface area contributed by atoms with Gasteiger partial charge in [-0.1, -0.05) is 35.9 Å². The molecule has 0 fully saturated rings. The van der Waals surface area contributed by atoms with Crippen molar-refractivity contribution in [3.8, 4) is 5.75 Å². The van der Waals surface area contributed by atoms with Gasteiger partial charge in [-0.3, -0.25) is 4.79 Å². The minimum atomic E-state index is -0.616. The van der Waals surface area contributed by atoms with Gasteiger partial charge >= 0.3 is 5.97 Å². The molecule has 2 rings (SSSR count). The summed E-state index contributed by atoms with van der Waals surface area (Å²) in [5.74, 6) is 0.150. The first kappa shape index (κ1) is 14.7. The second-order valence-corrected chi connectivity index (χ2v) is 5.29. The van der Waals surface area contributed by atoms with Crippen LogP contribution in [0.1, 0.15) is 25.3 Å². The monoisotopic (exact) mass is 292 g/mol. The lowest BCUT2D eigenvalue weighted by atomic mass is 9.98. The fourth-order valence-electron chi connectivity index (χ4n) is 2.04. The minimum absolute atomic E-state index is 0.319. The third-order valence-electron chi connectivity index (χ3n) is 3.20. The Balaban J connectivity index is 2.29. The fourth-order valence-corrected chi connectivity index (χ4v) is 2.12. The normalized spacial score (nSPS) is 13.8. The van der Waals surface area contributed by atoms with Gasteiger partial charge in [-0.25, -0.2) is 0 Å². The Labute approximate surface area is 123 Å². The van der Waals surface area contributed by atoms with E-state index in [0.717, 1.165) is 22.1 Å². The van der Waals surface area contributed by atoms with Gasteiger partial charge in [0, 0.05) is 0 Å². The summed E-state index contributed by atoms with van der Waals surface area (Å²) in [5.41, 5.74) is 0.291. The Bertz CT molecular complexity index is 622. The summed E-state index contributed by atoms with van der Waals surface area (Å²) in [4.78, 5) is 11.9. The largest absolute Gasteiger partial charge is 0.497 e. The number of methoxy groups -OCH3 is 1. The highest BCUT2D eigenvalue weighted by molar-refractivity contribution is 6.20. The molecule has 0 bridgehead atoms. The highest BCUT2D eigenvalue weighted by atomic mass is 35.5. The molecule has 0 spiro atoms. The number of carbonyl (C=O) groups is 1. The van der Waals surface area contributed by atoms with E-state index in [1.165, 1.54) is 0 Å². The number of ether oxygens (including phenoxy) is 2. The van der Waals surface area contributed by atoms with Crippen LogP contribution in [0.2, 0.25) is 0 Å². The smallest absolute Gasteiger partial charge is 0.314 e. The fraction of sp³-hybridized carbons (Fsp3) is 0.312. The molecule has 2 aromatic carbocycles. The SMILES string of the molecule is COc1ccc2cc([C@H](C)C(=O)OC(C)Cl)ccc2c1. The van der Waals surface area contributed by atoms with E-state index in [1.807, 2.05) is 43.3 Å². The number of carbonyl (C=O) groups excluding carboxylic acids is 1. The maximum absolute atomic E-state index is 11.9. The molecule has 0 aromatic heterocycles. The predicted octanol–water partition coefficient (Wildman–Crippen LogP) is 4.08. The van der Waals surface area contributed by atoms with Crippen LogP contribution in [0.3, 0.4) is 0 Å². The highest BCUT2D eigenvalue weighted by Gasteiger charge is 2.18. The van der Waals surface area contributed by atoms with Crippen molar-refractivity contribution in [1.29, 1.82) is 0 Å². The quantitative estimate of drug-likeness (QED) is 0.629. The number of hydrogen-bond acceptors (Lipinski definition) is 3. The molecule has 0 heterocycles. The Morgan fingerprint density at radius 2 is 1.75 bits per heavy atom. The molecule has 20 heavy (non-hydrogen) atoms. The third kappa shape index (κ3) is 3.23. The molecule has 0 aliphatic carbocycles. The average Bonchev–Trinajstić information content (AvgIpc) is 2.44. The molecular weight excluding hydrogens is 276 g/mol. The molecule has 4 heteroatoms. The maximum Gasteiger partial charge on any atom is 0.314 e. The van der Waals surface area contributed by atoms with Gasteiger partial charge in [0.25, 0.3) is 0 Å². The van der Waals surface area contributed by atoms with Crippen molar-refractivity contribution >= 4 is 28.3 Å². The predicted molar refractivity (Wildman–Crippen MR) is 80.3 cm³/mol. The molecule has 0 aliphatic heterocycles. The van der Waals surface area contributed by atoms with Crippen molar-refractivity contribution in [3.05, 3.63) is 42.0 Å². The lowest BCUT2D eigenvalue weighted by Crippen LogP contribution is -2.16. The van der Waals surface area contributed by atoms with Crippen molar-refractivity contribution in [3.63, 3.8) is 0 Å². The van der Waals surface area contributed by atoms with Gasteiger partial charge < -0.3 is 9.47 Å². The number of benzene rings is 2. The lowest BCUT2D eigenvalue weighted by molar-refractivity contribution is -0.146. The Hall–Kier alpha value is -1.74. The second kappa shape index (κ2) is 6.14. The molecule has 0 amide bonds. The first-order chi connectivity index (χ1) is 9.51. The summed E-state index contributed by atoms with van der Waals surface area (Å²) in [7, 11) is 1.64. The molecule has 2 aromatic rings. The molecule has 3 nitrogen and oxygen atoms in total. The van der Waals surface area contributed by atoms with Crippen LogP contribution in [0, 0.1) is 0 Å². The molecule has 0 N–H and O–H groups in total. The van der Waals surface area contributed by atoms with Crippen LogP contribution < -0.4 is 4.74 Å². The molecule has 0 radical (unpaired) electrons. The van der Waals surface area contributed by atoms with E-state index in [9.17, 15) is 4.79 Å². The van der Waals surface area contributed by atoms with Gasteiger partial charge in [0.2, 0.25) is 0 Å². The summed E-state index contributed by atoms with van der Waals surface area (Å²) < 4.78 is 10.2. The van der Waals surface area contributed by atoms with Crippen molar-refractivity contribution in [2.45, 2.75) is 25.3 Å². The van der Waals surface area contributed by atoms with Gasteiger partial charge in [-0.05, 0) is 42.3 Å². The minimum Gasteiger partial charge on any atom is -0.497 e. The van der Waals surface area contributed by atoms with E-state index in [4.69, 9.17) is 21.1 Å². The van der Waals surface area contributed by atoms with E-state index in [2.05, 4.69) is 0 Å². The van der Waals surface area contributed by atoms with Crippen molar-refractivity contribution in [2.75, 3.05) is 7.11 Å². The van der Waals surface area contributed by atoms with E-state index in [-0.39, 0.29) is 11.9 Å². The molecule has 0 saturated carbocycles. The van der Waals surface area contributed by atoms with E-state index < -0.39 is 5.56 Å². The van der Waals surface area contributed by atoms with Gasteiger partial charge in [0.1, 0.15) is 5.75 Å². The number of rotatable bonds is 4. The van der Waals surface area contributed by atoms with Crippen LogP contribution in [0.4, 0.5) is 0 Å². The van der Waals surface area contributed by atoms with Gasteiger partial charge in [0.15, 0.2) is 5.56 Å². The summed E-state index contributed by atoms with van der Waals surface area (Å²) in [5, 5.41) is 2.13. The van der Waals surface area contributed by atoms with Crippen molar-refractivity contribution < 1.29 is 14.3 Å². The van der Waals surface area contributed by atoms with Crippen LogP contribution in [0.25, 0.3) is 10.8 Å². The Morgan fingerprint density at radius 3 is 2.40 bits per heavy atom. The number of halogens is 1. The van der Waals surface area contributed by atoms with Crippen LogP contribution in [0.15, 0.2) is 36.4 Å². The zero-order valence-electron chi connectivity index (χ0n) is 11.7. The molecular formula is C16H17ClO3. The molecule has 0 aliphatic rings. The maximum atomic E-state index is 11.9. The van der Waals surface area contributed by atoms with Crippen LogP contribution >= 0.6 is 11.6 Å². The topological polar surface area (TPSA) is 35.5 Å². The highest BCUT2D eigenvalue weighted by Crippen LogP contribution is 2.26. The first-order valence-electron chi connectivity index (χ1n) is 6.43. The van der Waals surface area contributed by atoms with E-state index in [0.29, 0.717) is 0 Å². The van der Waals surface area contributed by atoms with Gasteiger partial charge in [-0.2, -0.15) is 0 Å². The molecule has 0 saturated heterocycles. The van der Waals surface area contributed by atoms with Crippen molar-refractivity contribution in [1.82, 2.24) is 0 Å². The number of alkyl halides is 1. The second-order valence-electron chi connectivity index (χ2n) is 4.67. The Kier molecular flexibility index (Phi) is 4.50. The van der Waals surface area contributed by atoms with Crippen LogP contribution in [-0.4, -0.2) is 18.6 Å². The van der Waals surface area contributed by atoms with Gasteiger partial charge in [-0.15, -0.1) is 0 Å². The first-order valence-corrected chi connectivity index (χ1v) is 6.87.